The van der Waals surface area contributed by atoms with Crippen LogP contribution >= 0.6 is 23.6 Å². The molecule has 0 aromatic carbocycles. The van der Waals surface area contributed by atoms with E-state index >= 15 is 0 Å². The van der Waals surface area contributed by atoms with Gasteiger partial charge in [0.25, 0.3) is 0 Å². The molecule has 2 aliphatic rings. The second-order valence-electron chi connectivity index (χ2n) is 6.06. The molecule has 2 fully saturated rings. The standard InChI is InChI=1S/C13H24Cl2N/c1-11-7-9-13(10-8-11,16(2,14)15)12-5-3-4-6-12/h11-12H,3-10H2,1-2H3/q+1. The third kappa shape index (κ3) is 2.23. The van der Waals surface area contributed by atoms with Crippen molar-refractivity contribution in [3.63, 3.8) is 0 Å². The minimum absolute atomic E-state index is 0.143. The first-order valence-electron chi connectivity index (χ1n) is 6.72. The molecule has 0 amide bonds. The lowest BCUT2D eigenvalue weighted by molar-refractivity contribution is -0.747. The fourth-order valence-corrected chi connectivity index (χ4v) is 4.46. The highest BCUT2D eigenvalue weighted by Gasteiger charge is 2.55. The first-order chi connectivity index (χ1) is 7.46. The van der Waals surface area contributed by atoms with Crippen molar-refractivity contribution in [2.24, 2.45) is 11.8 Å². The zero-order valence-corrected chi connectivity index (χ0v) is 12.0. The van der Waals surface area contributed by atoms with Gasteiger partial charge in [-0.15, -0.1) is 3.52 Å². The number of halogens is 2. The number of rotatable bonds is 2. The Balaban J connectivity index is 2.19. The molecule has 16 heavy (non-hydrogen) atoms. The van der Waals surface area contributed by atoms with Crippen molar-refractivity contribution in [1.29, 1.82) is 0 Å². The van der Waals surface area contributed by atoms with E-state index in [2.05, 4.69) is 6.92 Å². The third-order valence-electron chi connectivity index (χ3n) is 5.04. The lowest BCUT2D eigenvalue weighted by Crippen LogP contribution is -2.56. The van der Waals surface area contributed by atoms with Gasteiger partial charge >= 0.3 is 0 Å². The van der Waals surface area contributed by atoms with Crippen molar-refractivity contribution in [1.82, 2.24) is 0 Å². The van der Waals surface area contributed by atoms with E-state index < -0.39 is 0 Å². The summed E-state index contributed by atoms with van der Waals surface area (Å²) in [6.07, 6.45) is 10.4. The Hall–Kier alpha value is 0.540. The second kappa shape index (κ2) is 4.66. The molecule has 1 nitrogen and oxygen atoms in total. The van der Waals surface area contributed by atoms with Gasteiger partial charge in [-0.3, -0.25) is 0 Å². The predicted molar refractivity (Wildman–Crippen MR) is 70.2 cm³/mol. The van der Waals surface area contributed by atoms with Crippen LogP contribution in [0.25, 0.3) is 0 Å². The van der Waals surface area contributed by atoms with Crippen LogP contribution in [0.2, 0.25) is 0 Å². The van der Waals surface area contributed by atoms with E-state index in [0.717, 1.165) is 11.8 Å². The molecular weight excluding hydrogens is 241 g/mol. The Kier molecular flexibility index (Phi) is 3.78. The Morgan fingerprint density at radius 3 is 1.94 bits per heavy atom. The average molecular weight is 265 g/mol. The van der Waals surface area contributed by atoms with Crippen LogP contribution in [-0.4, -0.2) is 16.1 Å². The van der Waals surface area contributed by atoms with Crippen LogP contribution in [-0.2, 0) is 0 Å². The van der Waals surface area contributed by atoms with Gasteiger partial charge in [0.15, 0.2) is 23.6 Å². The van der Waals surface area contributed by atoms with Gasteiger partial charge in [-0.05, 0) is 31.6 Å². The minimum Gasteiger partial charge on any atom is -0.121 e. The smallest absolute Gasteiger partial charge is 0.121 e. The van der Waals surface area contributed by atoms with Gasteiger partial charge in [-0.1, -0.05) is 19.8 Å². The van der Waals surface area contributed by atoms with Crippen molar-refractivity contribution < 1.29 is 3.52 Å². The van der Waals surface area contributed by atoms with Gasteiger partial charge < -0.3 is 0 Å². The van der Waals surface area contributed by atoms with Crippen LogP contribution in [0.5, 0.6) is 0 Å². The van der Waals surface area contributed by atoms with Crippen molar-refractivity contribution in [2.75, 3.05) is 7.05 Å². The third-order valence-corrected chi connectivity index (χ3v) is 5.71. The summed E-state index contributed by atoms with van der Waals surface area (Å²) < 4.78 is 0.143. The van der Waals surface area contributed by atoms with Gasteiger partial charge in [-0.25, -0.2) is 0 Å². The van der Waals surface area contributed by atoms with Gasteiger partial charge in [-0.2, -0.15) is 0 Å². The topological polar surface area (TPSA) is 0 Å². The van der Waals surface area contributed by atoms with E-state index in [1.54, 1.807) is 0 Å². The fourth-order valence-electron chi connectivity index (χ4n) is 3.85. The van der Waals surface area contributed by atoms with Crippen molar-refractivity contribution in [3.05, 3.63) is 0 Å². The SMILES string of the molecule is CC1CCC(C2CCCC2)([N+](C)(Cl)Cl)CC1. The summed E-state index contributed by atoms with van der Waals surface area (Å²) in [6, 6.07) is 0. The highest BCUT2D eigenvalue weighted by atomic mass is 35.5. The molecule has 0 N–H and O–H groups in total. The Bertz CT molecular complexity index is 233. The normalized spacial score (nSPS) is 37.9. The Labute approximate surface area is 110 Å². The van der Waals surface area contributed by atoms with Gasteiger partial charge in [0.2, 0.25) is 0 Å². The molecule has 0 spiro atoms. The van der Waals surface area contributed by atoms with Gasteiger partial charge in [0.1, 0.15) is 12.6 Å². The maximum Gasteiger partial charge on any atom is 0.187 e. The quantitative estimate of drug-likeness (QED) is 0.624. The summed E-state index contributed by atoms with van der Waals surface area (Å²) in [5, 5.41) is 0. The molecule has 2 rings (SSSR count). The molecule has 0 radical (unpaired) electrons. The number of nitrogens with zero attached hydrogens (tertiary/aromatic N) is 1. The largest absolute Gasteiger partial charge is 0.187 e. The molecule has 0 aromatic heterocycles. The Morgan fingerprint density at radius 1 is 1.00 bits per heavy atom. The van der Waals surface area contributed by atoms with Crippen molar-refractivity contribution in [2.45, 2.75) is 63.8 Å². The van der Waals surface area contributed by atoms with E-state index in [1.165, 1.54) is 51.4 Å². The van der Waals surface area contributed by atoms with E-state index in [4.69, 9.17) is 23.6 Å². The van der Waals surface area contributed by atoms with E-state index in [1.807, 2.05) is 7.05 Å². The number of hydrogen-bond donors (Lipinski definition) is 0. The van der Waals surface area contributed by atoms with Crippen LogP contribution in [0.15, 0.2) is 0 Å². The number of hydrogen-bond acceptors (Lipinski definition) is 0. The first kappa shape index (κ1) is 13.0. The lowest BCUT2D eigenvalue weighted by atomic mass is 9.69. The molecule has 2 aliphatic carbocycles. The molecule has 0 bridgehead atoms. The molecule has 2 saturated carbocycles. The summed E-state index contributed by atoms with van der Waals surface area (Å²) in [6.45, 7) is 2.35. The van der Waals surface area contributed by atoms with Crippen LogP contribution in [0.1, 0.15) is 58.3 Å². The number of quaternary nitrogens is 1. The van der Waals surface area contributed by atoms with Crippen molar-refractivity contribution >= 4 is 23.6 Å². The zero-order chi connectivity index (χ0) is 11.8. The van der Waals surface area contributed by atoms with Crippen LogP contribution in [0, 0.1) is 11.8 Å². The van der Waals surface area contributed by atoms with Crippen LogP contribution in [0.4, 0.5) is 0 Å². The summed E-state index contributed by atoms with van der Waals surface area (Å²) in [7, 11) is 1.97. The van der Waals surface area contributed by atoms with E-state index in [-0.39, 0.29) is 9.06 Å². The summed E-state index contributed by atoms with van der Waals surface area (Å²) >= 11 is 13.0. The minimum atomic E-state index is 0.143. The molecule has 0 heterocycles. The molecule has 0 unspecified atom stereocenters. The molecular formula is C13H24Cl2N+. The average Bonchev–Trinajstić information content (AvgIpc) is 2.70. The van der Waals surface area contributed by atoms with Crippen LogP contribution in [0.3, 0.4) is 0 Å². The van der Waals surface area contributed by atoms with Gasteiger partial charge in [0.05, 0.1) is 0 Å². The molecule has 0 aromatic rings. The van der Waals surface area contributed by atoms with E-state index in [9.17, 15) is 0 Å². The molecule has 0 saturated heterocycles. The van der Waals surface area contributed by atoms with Crippen LogP contribution < -0.4 is 0 Å². The molecule has 3 heteroatoms. The monoisotopic (exact) mass is 264 g/mol. The fraction of sp³-hybridized carbons (Fsp3) is 1.00. The second-order valence-corrected chi connectivity index (χ2v) is 7.59. The highest BCUT2D eigenvalue weighted by molar-refractivity contribution is 6.23. The zero-order valence-electron chi connectivity index (χ0n) is 10.5. The predicted octanol–water partition coefficient (Wildman–Crippen LogP) is 4.88. The van der Waals surface area contributed by atoms with Crippen molar-refractivity contribution in [3.8, 4) is 0 Å². The van der Waals surface area contributed by atoms with Gasteiger partial charge in [0, 0.05) is 18.8 Å². The molecule has 0 aliphatic heterocycles. The Morgan fingerprint density at radius 2 is 1.50 bits per heavy atom. The highest BCUT2D eigenvalue weighted by Crippen LogP contribution is 2.52. The summed E-state index contributed by atoms with van der Waals surface area (Å²) in [5.41, 5.74) is 0.145. The van der Waals surface area contributed by atoms with E-state index in [0.29, 0.717) is 0 Å². The summed E-state index contributed by atoms with van der Waals surface area (Å²) in [5.74, 6) is 1.61. The first-order valence-corrected chi connectivity index (χ1v) is 7.39. The maximum atomic E-state index is 6.50. The molecule has 94 valence electrons. The lowest BCUT2D eigenvalue weighted by Gasteiger charge is -2.47. The molecule has 0 atom stereocenters. The summed E-state index contributed by atoms with van der Waals surface area (Å²) in [4.78, 5) is 0. The maximum absolute atomic E-state index is 6.50.